The van der Waals surface area contributed by atoms with Crippen molar-refractivity contribution < 1.29 is 18.7 Å². The highest BCUT2D eigenvalue weighted by molar-refractivity contribution is 6.03. The smallest absolute Gasteiger partial charge is 0.313 e. The summed E-state index contributed by atoms with van der Waals surface area (Å²) in [7, 11) is 1.22. The quantitative estimate of drug-likeness (QED) is 0.444. The van der Waals surface area contributed by atoms with E-state index >= 15 is 0 Å². The van der Waals surface area contributed by atoms with Crippen molar-refractivity contribution in [1.29, 1.82) is 0 Å². The number of allylic oxidation sites excluding steroid dienone is 1. The third kappa shape index (κ3) is 4.04. The fourth-order valence-corrected chi connectivity index (χ4v) is 1.04. The van der Waals surface area contributed by atoms with Crippen LogP contribution in [0.25, 0.3) is 6.08 Å². The fraction of sp³-hybridized carbons (Fsp3) is 0.167. The van der Waals surface area contributed by atoms with Gasteiger partial charge in [-0.1, -0.05) is 18.2 Å². The monoisotopic (exact) mass is 222 g/mol. The molecular formula is C12H11FO3. The van der Waals surface area contributed by atoms with Gasteiger partial charge in [0.1, 0.15) is 12.2 Å². The Morgan fingerprint density at radius 1 is 1.31 bits per heavy atom. The number of methoxy groups -OCH3 is 1. The first-order valence-electron chi connectivity index (χ1n) is 4.65. The third-order valence-corrected chi connectivity index (χ3v) is 1.88. The van der Waals surface area contributed by atoms with Crippen LogP contribution in [0.1, 0.15) is 12.0 Å². The minimum absolute atomic E-state index is 0.284. The number of carbonyl (C=O) groups excluding carboxylic acids is 2. The van der Waals surface area contributed by atoms with Gasteiger partial charge in [-0.3, -0.25) is 9.59 Å². The maximum Gasteiger partial charge on any atom is 0.313 e. The molecular weight excluding hydrogens is 211 g/mol. The molecule has 0 heterocycles. The Labute approximate surface area is 92.5 Å². The molecule has 0 radical (unpaired) electrons. The lowest BCUT2D eigenvalue weighted by molar-refractivity contribution is -0.142. The van der Waals surface area contributed by atoms with Gasteiger partial charge >= 0.3 is 5.97 Å². The van der Waals surface area contributed by atoms with Crippen LogP contribution in [0.2, 0.25) is 0 Å². The molecule has 0 fully saturated rings. The van der Waals surface area contributed by atoms with Crippen LogP contribution in [0.15, 0.2) is 30.3 Å². The maximum atomic E-state index is 12.6. The molecule has 1 rings (SSSR count). The zero-order valence-electron chi connectivity index (χ0n) is 8.77. The van der Waals surface area contributed by atoms with E-state index in [1.165, 1.54) is 43.5 Å². The second-order valence-electron chi connectivity index (χ2n) is 3.10. The van der Waals surface area contributed by atoms with Crippen LogP contribution in [0.5, 0.6) is 0 Å². The molecule has 1 aromatic carbocycles. The Morgan fingerprint density at radius 3 is 2.50 bits per heavy atom. The first kappa shape index (κ1) is 12.1. The molecule has 0 amide bonds. The first-order valence-corrected chi connectivity index (χ1v) is 4.65. The molecule has 0 unspecified atom stereocenters. The van der Waals surface area contributed by atoms with Crippen molar-refractivity contribution in [3.8, 4) is 0 Å². The Balaban J connectivity index is 2.56. The highest BCUT2D eigenvalue weighted by Crippen LogP contribution is 2.05. The number of ketones is 1. The van der Waals surface area contributed by atoms with Crippen molar-refractivity contribution in [2.45, 2.75) is 6.42 Å². The highest BCUT2D eigenvalue weighted by Gasteiger charge is 2.05. The maximum absolute atomic E-state index is 12.6. The predicted molar refractivity (Wildman–Crippen MR) is 57.1 cm³/mol. The van der Waals surface area contributed by atoms with E-state index in [9.17, 15) is 14.0 Å². The van der Waals surface area contributed by atoms with Gasteiger partial charge in [0.15, 0.2) is 5.78 Å². The van der Waals surface area contributed by atoms with Crippen molar-refractivity contribution in [2.75, 3.05) is 7.11 Å². The summed E-state index contributed by atoms with van der Waals surface area (Å²) in [5, 5.41) is 0. The lowest BCUT2D eigenvalue weighted by Gasteiger charge is -1.95. The first-order chi connectivity index (χ1) is 7.61. The zero-order valence-corrected chi connectivity index (χ0v) is 8.77. The van der Waals surface area contributed by atoms with Gasteiger partial charge in [0.25, 0.3) is 0 Å². The van der Waals surface area contributed by atoms with Gasteiger partial charge in [-0.2, -0.15) is 0 Å². The molecule has 0 aliphatic rings. The second-order valence-corrected chi connectivity index (χ2v) is 3.10. The lowest BCUT2D eigenvalue weighted by atomic mass is 10.2. The SMILES string of the molecule is COC(=O)CC(=O)/C=C\c1ccc(F)cc1. The zero-order chi connectivity index (χ0) is 12.0. The van der Waals surface area contributed by atoms with E-state index < -0.39 is 5.97 Å². The van der Waals surface area contributed by atoms with E-state index in [0.29, 0.717) is 5.56 Å². The van der Waals surface area contributed by atoms with Crippen LogP contribution in [0.4, 0.5) is 4.39 Å². The average Bonchev–Trinajstić information content (AvgIpc) is 2.28. The van der Waals surface area contributed by atoms with Gasteiger partial charge in [-0.05, 0) is 23.8 Å². The van der Waals surface area contributed by atoms with Crippen LogP contribution < -0.4 is 0 Å². The number of ether oxygens (including phenoxy) is 1. The highest BCUT2D eigenvalue weighted by atomic mass is 19.1. The molecule has 0 atom stereocenters. The topological polar surface area (TPSA) is 43.4 Å². The van der Waals surface area contributed by atoms with Crippen LogP contribution in [0.3, 0.4) is 0 Å². The summed E-state index contributed by atoms with van der Waals surface area (Å²) in [5.74, 6) is -1.26. The van der Waals surface area contributed by atoms with Crippen LogP contribution in [-0.4, -0.2) is 18.9 Å². The van der Waals surface area contributed by atoms with E-state index in [0.717, 1.165) is 0 Å². The van der Waals surface area contributed by atoms with Crippen LogP contribution in [-0.2, 0) is 14.3 Å². The Morgan fingerprint density at radius 2 is 1.94 bits per heavy atom. The summed E-state index contributed by atoms with van der Waals surface area (Å²) in [5.41, 5.74) is 0.694. The van der Waals surface area contributed by atoms with Gasteiger partial charge in [-0.25, -0.2) is 4.39 Å². The van der Waals surface area contributed by atoms with Gasteiger partial charge in [-0.15, -0.1) is 0 Å². The summed E-state index contributed by atoms with van der Waals surface area (Å²) in [4.78, 5) is 21.9. The number of hydrogen-bond donors (Lipinski definition) is 0. The van der Waals surface area contributed by atoms with Crippen LogP contribution >= 0.6 is 0 Å². The van der Waals surface area contributed by atoms with Gasteiger partial charge in [0.2, 0.25) is 0 Å². The molecule has 0 aromatic heterocycles. The summed E-state index contributed by atoms with van der Waals surface area (Å²) < 4.78 is 16.9. The molecule has 0 aliphatic heterocycles. The molecule has 0 saturated heterocycles. The minimum Gasteiger partial charge on any atom is -0.469 e. The lowest BCUT2D eigenvalue weighted by Crippen LogP contribution is -2.06. The second kappa shape index (κ2) is 5.80. The van der Waals surface area contributed by atoms with E-state index in [2.05, 4.69) is 4.74 Å². The average molecular weight is 222 g/mol. The summed E-state index contributed by atoms with van der Waals surface area (Å²) in [6, 6.07) is 5.67. The number of carbonyl (C=O) groups is 2. The number of rotatable bonds is 4. The van der Waals surface area contributed by atoms with Gasteiger partial charge in [0, 0.05) is 0 Å². The van der Waals surface area contributed by atoms with Crippen molar-refractivity contribution >= 4 is 17.8 Å². The largest absolute Gasteiger partial charge is 0.469 e. The van der Waals surface area contributed by atoms with Crippen molar-refractivity contribution in [2.24, 2.45) is 0 Å². The van der Waals surface area contributed by atoms with Crippen molar-refractivity contribution in [3.05, 3.63) is 41.7 Å². The number of benzene rings is 1. The van der Waals surface area contributed by atoms with E-state index in [-0.39, 0.29) is 18.0 Å². The molecule has 3 nitrogen and oxygen atoms in total. The van der Waals surface area contributed by atoms with Crippen molar-refractivity contribution in [1.82, 2.24) is 0 Å². The van der Waals surface area contributed by atoms with Crippen molar-refractivity contribution in [3.63, 3.8) is 0 Å². The Hall–Kier alpha value is -1.97. The minimum atomic E-state index is -0.575. The van der Waals surface area contributed by atoms with E-state index in [4.69, 9.17) is 0 Å². The van der Waals surface area contributed by atoms with E-state index in [1.54, 1.807) is 0 Å². The Bertz CT molecular complexity index is 407. The molecule has 1 aromatic rings. The molecule has 84 valence electrons. The molecule has 0 aliphatic carbocycles. The normalized spacial score (nSPS) is 10.4. The summed E-state index contributed by atoms with van der Waals surface area (Å²) in [6.45, 7) is 0. The summed E-state index contributed by atoms with van der Waals surface area (Å²) >= 11 is 0. The number of esters is 1. The Kier molecular flexibility index (Phi) is 4.39. The van der Waals surface area contributed by atoms with Crippen LogP contribution in [0, 0.1) is 5.82 Å². The predicted octanol–water partition coefficient (Wildman–Crippen LogP) is 1.97. The van der Waals surface area contributed by atoms with E-state index in [1.807, 2.05) is 0 Å². The molecule has 4 heteroatoms. The molecule has 0 bridgehead atoms. The summed E-state index contributed by atoms with van der Waals surface area (Å²) in [6.07, 6.45) is 2.50. The molecule has 0 N–H and O–H groups in total. The number of hydrogen-bond acceptors (Lipinski definition) is 3. The van der Waals surface area contributed by atoms with Gasteiger partial charge in [0.05, 0.1) is 7.11 Å². The fourth-order valence-electron chi connectivity index (χ4n) is 1.04. The third-order valence-electron chi connectivity index (χ3n) is 1.88. The molecule has 16 heavy (non-hydrogen) atoms. The standard InChI is InChI=1S/C12H11FO3/c1-16-12(15)8-11(14)7-4-9-2-5-10(13)6-3-9/h2-7H,8H2,1H3/b7-4-. The number of halogens is 1. The molecule has 0 saturated carbocycles. The van der Waals surface area contributed by atoms with Gasteiger partial charge < -0.3 is 4.74 Å². The molecule has 0 spiro atoms.